The van der Waals surface area contributed by atoms with Gasteiger partial charge in [-0.05, 0) is 65.6 Å². The number of rotatable bonds is 8. The van der Waals surface area contributed by atoms with E-state index in [0.29, 0.717) is 28.7 Å². The molecule has 156 valence electrons. The molecule has 0 saturated heterocycles. The number of para-hydroxylation sites is 1. The molecular formula is C22H25N5O2S. The first-order valence-electron chi connectivity index (χ1n) is 9.76. The Hall–Kier alpha value is -3.00. The van der Waals surface area contributed by atoms with Crippen LogP contribution in [-0.4, -0.2) is 37.7 Å². The maximum absolute atomic E-state index is 12.6. The summed E-state index contributed by atoms with van der Waals surface area (Å²) in [5.41, 5.74) is 4.31. The summed E-state index contributed by atoms with van der Waals surface area (Å²) in [6.45, 7) is 8.00. The first-order valence-corrected chi connectivity index (χ1v) is 10.7. The number of benzene rings is 2. The van der Waals surface area contributed by atoms with Gasteiger partial charge in [-0.15, -0.1) is 5.10 Å². The number of tetrazole rings is 1. The average molecular weight is 424 g/mol. The highest BCUT2D eigenvalue weighted by Gasteiger charge is 2.15. The predicted octanol–water partition coefficient (Wildman–Crippen LogP) is 4.24. The number of aromatic nitrogens is 4. The summed E-state index contributed by atoms with van der Waals surface area (Å²) in [5, 5.41) is 15.4. The fourth-order valence-electron chi connectivity index (χ4n) is 3.08. The van der Waals surface area contributed by atoms with Crippen LogP contribution in [0.3, 0.4) is 0 Å². The van der Waals surface area contributed by atoms with Crippen molar-refractivity contribution in [2.45, 2.75) is 39.3 Å². The summed E-state index contributed by atoms with van der Waals surface area (Å²) in [7, 11) is 0. The normalized spacial score (nSPS) is 11.0. The third kappa shape index (κ3) is 5.33. The second-order valence-corrected chi connectivity index (χ2v) is 8.49. The van der Waals surface area contributed by atoms with Crippen LogP contribution < -0.4 is 5.32 Å². The Morgan fingerprint density at radius 3 is 2.37 bits per heavy atom. The first kappa shape index (κ1) is 21.7. The van der Waals surface area contributed by atoms with Crippen LogP contribution in [0.1, 0.15) is 41.8 Å². The monoisotopic (exact) mass is 423 g/mol. The number of nitrogens with zero attached hydrogens (tertiary/aromatic N) is 4. The van der Waals surface area contributed by atoms with Crippen molar-refractivity contribution in [3.63, 3.8) is 0 Å². The van der Waals surface area contributed by atoms with Gasteiger partial charge in [-0.2, -0.15) is 4.68 Å². The fraction of sp³-hybridized carbons (Fsp3) is 0.318. The van der Waals surface area contributed by atoms with E-state index in [0.717, 1.165) is 16.8 Å². The number of carbonyl (C=O) groups excluding carboxylic acids is 2. The van der Waals surface area contributed by atoms with E-state index in [4.69, 9.17) is 0 Å². The molecule has 0 aliphatic carbocycles. The van der Waals surface area contributed by atoms with Crippen LogP contribution in [-0.2, 0) is 4.79 Å². The number of carbonyl (C=O) groups is 2. The van der Waals surface area contributed by atoms with E-state index in [9.17, 15) is 9.59 Å². The molecule has 1 amide bonds. The van der Waals surface area contributed by atoms with E-state index >= 15 is 0 Å². The molecule has 2 aromatic carbocycles. The highest BCUT2D eigenvalue weighted by molar-refractivity contribution is 7.99. The summed E-state index contributed by atoms with van der Waals surface area (Å²) in [6, 6.07) is 12.9. The van der Waals surface area contributed by atoms with Gasteiger partial charge in [0.25, 0.3) is 0 Å². The van der Waals surface area contributed by atoms with Crippen molar-refractivity contribution >= 4 is 29.1 Å². The lowest BCUT2D eigenvalue weighted by Gasteiger charge is -2.10. The van der Waals surface area contributed by atoms with Gasteiger partial charge in [-0.25, -0.2) is 0 Å². The summed E-state index contributed by atoms with van der Waals surface area (Å²) in [4.78, 5) is 24.5. The van der Waals surface area contributed by atoms with Crippen molar-refractivity contribution in [2.24, 2.45) is 5.92 Å². The Morgan fingerprint density at radius 2 is 1.73 bits per heavy atom. The van der Waals surface area contributed by atoms with E-state index in [1.54, 1.807) is 28.9 Å². The molecule has 30 heavy (non-hydrogen) atoms. The number of anilines is 1. The zero-order valence-electron chi connectivity index (χ0n) is 17.5. The molecule has 8 heteroatoms. The number of thioether (sulfide) groups is 1. The van der Waals surface area contributed by atoms with Crippen LogP contribution in [0.2, 0.25) is 0 Å². The molecule has 0 atom stereocenters. The lowest BCUT2D eigenvalue weighted by atomic mass is 10.1. The topological polar surface area (TPSA) is 89.8 Å². The van der Waals surface area contributed by atoms with Crippen LogP contribution in [0, 0.1) is 19.8 Å². The largest absolute Gasteiger partial charge is 0.326 e. The molecule has 1 N–H and O–H groups in total. The van der Waals surface area contributed by atoms with Gasteiger partial charge in [0.1, 0.15) is 0 Å². The minimum absolute atomic E-state index is 0.0297. The molecular weight excluding hydrogens is 398 g/mol. The second-order valence-electron chi connectivity index (χ2n) is 7.55. The average Bonchev–Trinajstić information content (AvgIpc) is 3.14. The fourth-order valence-corrected chi connectivity index (χ4v) is 3.86. The number of aryl methyl sites for hydroxylation is 2. The molecule has 3 aromatic rings. The number of hydrogen-bond donors (Lipinski definition) is 1. The van der Waals surface area contributed by atoms with Gasteiger partial charge in [-0.1, -0.05) is 43.8 Å². The molecule has 0 fully saturated rings. The first-order chi connectivity index (χ1) is 14.3. The maximum Gasteiger partial charge on any atom is 0.224 e. The zero-order valence-corrected chi connectivity index (χ0v) is 18.4. The lowest BCUT2D eigenvalue weighted by molar-refractivity contribution is -0.116. The summed E-state index contributed by atoms with van der Waals surface area (Å²) in [5.74, 6) is 0.446. The van der Waals surface area contributed by atoms with Crippen LogP contribution >= 0.6 is 11.8 Å². The van der Waals surface area contributed by atoms with Gasteiger partial charge in [0.2, 0.25) is 11.1 Å². The molecule has 0 aliphatic heterocycles. The van der Waals surface area contributed by atoms with Crippen molar-refractivity contribution in [1.29, 1.82) is 0 Å². The van der Waals surface area contributed by atoms with E-state index in [2.05, 4.69) is 20.8 Å². The Kier molecular flexibility index (Phi) is 6.99. The van der Waals surface area contributed by atoms with Crippen LogP contribution in [0.15, 0.2) is 47.6 Å². The van der Waals surface area contributed by atoms with Gasteiger partial charge in [-0.3, -0.25) is 9.59 Å². The van der Waals surface area contributed by atoms with Gasteiger partial charge in [0.05, 0.1) is 11.4 Å². The van der Waals surface area contributed by atoms with E-state index < -0.39 is 0 Å². The highest BCUT2D eigenvalue weighted by Crippen LogP contribution is 2.24. The highest BCUT2D eigenvalue weighted by atomic mass is 32.2. The molecule has 3 rings (SSSR count). The SMILES string of the molecule is Cc1cccc(C)c1-n1nnnc1SCC(=O)c1ccc(NC(=O)CC(C)C)cc1. The van der Waals surface area contributed by atoms with Gasteiger partial charge < -0.3 is 5.32 Å². The molecule has 0 radical (unpaired) electrons. The Morgan fingerprint density at radius 1 is 1.07 bits per heavy atom. The summed E-state index contributed by atoms with van der Waals surface area (Å²) in [6.07, 6.45) is 0.465. The third-order valence-electron chi connectivity index (χ3n) is 4.51. The molecule has 1 aromatic heterocycles. The van der Waals surface area contributed by atoms with Crippen molar-refractivity contribution in [3.05, 3.63) is 59.2 Å². The smallest absolute Gasteiger partial charge is 0.224 e. The standard InChI is InChI=1S/C22H25N5O2S/c1-14(2)12-20(29)23-18-10-8-17(9-11-18)19(28)13-30-22-24-25-26-27(22)21-15(3)6-5-7-16(21)4/h5-11,14H,12-13H2,1-4H3,(H,23,29). The molecule has 0 bridgehead atoms. The van der Waals surface area contributed by atoms with Gasteiger partial charge in [0.15, 0.2) is 5.78 Å². The molecule has 0 aliphatic rings. The minimum atomic E-state index is -0.0314. The van der Waals surface area contributed by atoms with Crippen molar-refractivity contribution in [2.75, 3.05) is 11.1 Å². The van der Waals surface area contributed by atoms with Gasteiger partial charge >= 0.3 is 0 Å². The van der Waals surface area contributed by atoms with Crippen LogP contribution in [0.4, 0.5) is 5.69 Å². The molecule has 0 unspecified atom stereocenters. The van der Waals surface area contributed by atoms with Crippen LogP contribution in [0.25, 0.3) is 5.69 Å². The zero-order chi connectivity index (χ0) is 21.7. The Balaban J connectivity index is 1.64. The predicted molar refractivity (Wildman–Crippen MR) is 118 cm³/mol. The quantitative estimate of drug-likeness (QED) is 0.431. The molecule has 0 spiro atoms. The second kappa shape index (κ2) is 9.67. The van der Waals surface area contributed by atoms with E-state index in [1.807, 2.05) is 45.9 Å². The number of hydrogen-bond acceptors (Lipinski definition) is 6. The number of ketones is 1. The van der Waals surface area contributed by atoms with Crippen molar-refractivity contribution < 1.29 is 9.59 Å². The van der Waals surface area contributed by atoms with Crippen molar-refractivity contribution in [1.82, 2.24) is 20.2 Å². The molecule has 0 saturated carbocycles. The summed E-state index contributed by atoms with van der Waals surface area (Å²) >= 11 is 1.30. The number of nitrogens with one attached hydrogen (secondary N) is 1. The van der Waals surface area contributed by atoms with Crippen molar-refractivity contribution in [3.8, 4) is 5.69 Å². The Bertz CT molecular complexity index is 1020. The van der Waals surface area contributed by atoms with Crippen LogP contribution in [0.5, 0.6) is 0 Å². The van der Waals surface area contributed by atoms with E-state index in [1.165, 1.54) is 11.8 Å². The molecule has 1 heterocycles. The summed E-state index contributed by atoms with van der Waals surface area (Å²) < 4.78 is 1.68. The third-order valence-corrected chi connectivity index (χ3v) is 5.43. The number of amides is 1. The maximum atomic E-state index is 12.6. The minimum Gasteiger partial charge on any atom is -0.326 e. The van der Waals surface area contributed by atoms with Gasteiger partial charge in [0, 0.05) is 17.7 Å². The van der Waals surface area contributed by atoms with E-state index in [-0.39, 0.29) is 17.4 Å². The lowest BCUT2D eigenvalue weighted by Crippen LogP contribution is -2.14. The number of Topliss-reactive ketones (excluding diaryl/α,β-unsaturated/α-hetero) is 1. The molecule has 7 nitrogen and oxygen atoms in total. The Labute approximate surface area is 180 Å².